The Morgan fingerprint density at radius 3 is 2.31 bits per heavy atom. The lowest BCUT2D eigenvalue weighted by Gasteiger charge is -2.11. The third-order valence-corrected chi connectivity index (χ3v) is 4.09. The van der Waals surface area contributed by atoms with Crippen LogP contribution in [0.5, 0.6) is 0 Å². The standard InChI is InChI=1S/C22H23FN2O4/c23-18-12-7-6-11-17(18)15-19(25-21(28)16-9-3-1-4-10-16)22(29)24-14-8-2-5-13-20(26)27/h1,3-4,6-7,9-12,15H,2,5,8,13-14H2,(H,24,29)(H,25,28)(H,26,27)/b19-15-. The van der Waals surface area contributed by atoms with Gasteiger partial charge < -0.3 is 15.7 Å². The lowest BCUT2D eigenvalue weighted by atomic mass is 10.1. The highest BCUT2D eigenvalue weighted by molar-refractivity contribution is 6.05. The summed E-state index contributed by atoms with van der Waals surface area (Å²) in [5.41, 5.74) is 0.468. The molecule has 0 radical (unpaired) electrons. The second-order valence-electron chi connectivity index (χ2n) is 6.36. The molecule has 7 heteroatoms. The number of hydrogen-bond acceptors (Lipinski definition) is 3. The fourth-order valence-electron chi connectivity index (χ4n) is 2.57. The van der Waals surface area contributed by atoms with Gasteiger partial charge in [-0.2, -0.15) is 0 Å². The number of aliphatic carboxylic acids is 1. The first kappa shape index (κ1) is 21.8. The monoisotopic (exact) mass is 398 g/mol. The zero-order valence-corrected chi connectivity index (χ0v) is 15.9. The number of carbonyl (C=O) groups excluding carboxylic acids is 2. The molecule has 0 fully saturated rings. The number of amides is 2. The first-order chi connectivity index (χ1) is 14.0. The Balaban J connectivity index is 2.06. The summed E-state index contributed by atoms with van der Waals surface area (Å²) in [6.07, 6.45) is 3.14. The zero-order chi connectivity index (χ0) is 21.1. The van der Waals surface area contributed by atoms with E-state index in [2.05, 4.69) is 10.6 Å². The average molecular weight is 398 g/mol. The fraction of sp³-hybridized carbons (Fsp3) is 0.227. The van der Waals surface area contributed by atoms with Gasteiger partial charge in [0.15, 0.2) is 0 Å². The largest absolute Gasteiger partial charge is 0.481 e. The number of hydrogen-bond donors (Lipinski definition) is 3. The van der Waals surface area contributed by atoms with Gasteiger partial charge in [0, 0.05) is 24.1 Å². The van der Waals surface area contributed by atoms with Gasteiger partial charge in [0.05, 0.1) is 0 Å². The van der Waals surface area contributed by atoms with Crippen LogP contribution in [0.4, 0.5) is 4.39 Å². The normalized spacial score (nSPS) is 11.0. The van der Waals surface area contributed by atoms with E-state index in [1.54, 1.807) is 36.4 Å². The minimum atomic E-state index is -0.854. The molecule has 0 spiro atoms. The van der Waals surface area contributed by atoms with E-state index in [-0.39, 0.29) is 17.7 Å². The summed E-state index contributed by atoms with van der Waals surface area (Å²) >= 11 is 0. The molecule has 0 aliphatic rings. The molecule has 0 aromatic heterocycles. The van der Waals surface area contributed by atoms with Gasteiger partial charge in [0.2, 0.25) is 0 Å². The maximum atomic E-state index is 14.0. The van der Waals surface area contributed by atoms with Crippen molar-refractivity contribution in [2.75, 3.05) is 6.54 Å². The fourth-order valence-corrected chi connectivity index (χ4v) is 2.57. The van der Waals surface area contributed by atoms with Crippen molar-refractivity contribution in [3.8, 4) is 0 Å². The van der Waals surface area contributed by atoms with Crippen molar-refractivity contribution in [1.29, 1.82) is 0 Å². The van der Waals surface area contributed by atoms with Gasteiger partial charge in [-0.15, -0.1) is 0 Å². The Morgan fingerprint density at radius 2 is 1.62 bits per heavy atom. The van der Waals surface area contributed by atoms with E-state index in [0.717, 1.165) is 0 Å². The average Bonchev–Trinajstić information content (AvgIpc) is 2.71. The van der Waals surface area contributed by atoms with Crippen molar-refractivity contribution in [2.45, 2.75) is 25.7 Å². The van der Waals surface area contributed by atoms with E-state index in [9.17, 15) is 18.8 Å². The van der Waals surface area contributed by atoms with Crippen LogP contribution in [0.2, 0.25) is 0 Å². The topological polar surface area (TPSA) is 95.5 Å². The SMILES string of the molecule is O=C(O)CCCCCNC(=O)/C(=C/c1ccccc1F)NC(=O)c1ccccc1. The van der Waals surface area contributed by atoms with Crippen LogP contribution in [0.1, 0.15) is 41.6 Å². The third kappa shape index (κ3) is 7.57. The minimum Gasteiger partial charge on any atom is -0.481 e. The predicted molar refractivity (Wildman–Crippen MR) is 107 cm³/mol. The Kier molecular flexibility index (Phi) is 8.56. The summed E-state index contributed by atoms with van der Waals surface area (Å²) in [5, 5.41) is 13.8. The van der Waals surface area contributed by atoms with Gasteiger partial charge in [-0.25, -0.2) is 4.39 Å². The van der Waals surface area contributed by atoms with Gasteiger partial charge in [-0.3, -0.25) is 14.4 Å². The molecule has 29 heavy (non-hydrogen) atoms. The number of rotatable bonds is 10. The number of benzene rings is 2. The molecule has 0 atom stereocenters. The number of carboxylic acid groups (broad SMARTS) is 1. The molecule has 0 bridgehead atoms. The lowest BCUT2D eigenvalue weighted by Crippen LogP contribution is -2.35. The van der Waals surface area contributed by atoms with Crippen molar-refractivity contribution in [1.82, 2.24) is 10.6 Å². The van der Waals surface area contributed by atoms with E-state index in [4.69, 9.17) is 5.11 Å². The minimum absolute atomic E-state index is 0.0745. The van der Waals surface area contributed by atoms with Crippen LogP contribution in [0.3, 0.4) is 0 Å². The van der Waals surface area contributed by atoms with Gasteiger partial charge in [0.1, 0.15) is 11.5 Å². The predicted octanol–water partition coefficient (Wildman–Crippen LogP) is 3.36. The molecule has 0 aliphatic carbocycles. The molecular formula is C22H23FN2O4. The number of halogens is 1. The van der Waals surface area contributed by atoms with Crippen LogP contribution in [0.15, 0.2) is 60.3 Å². The molecule has 0 heterocycles. The van der Waals surface area contributed by atoms with E-state index < -0.39 is 23.6 Å². The first-order valence-electron chi connectivity index (χ1n) is 9.30. The molecular weight excluding hydrogens is 375 g/mol. The summed E-state index contributed by atoms with van der Waals surface area (Å²) in [6, 6.07) is 14.3. The lowest BCUT2D eigenvalue weighted by molar-refractivity contribution is -0.137. The molecule has 2 aromatic carbocycles. The van der Waals surface area contributed by atoms with Crippen LogP contribution in [-0.4, -0.2) is 29.4 Å². The number of carboxylic acids is 1. The van der Waals surface area contributed by atoms with Gasteiger partial charge in [-0.05, 0) is 37.1 Å². The Labute approximate surface area is 168 Å². The van der Waals surface area contributed by atoms with E-state index >= 15 is 0 Å². The molecule has 152 valence electrons. The highest BCUT2D eigenvalue weighted by atomic mass is 19.1. The molecule has 0 saturated carbocycles. The van der Waals surface area contributed by atoms with E-state index in [1.165, 1.54) is 24.3 Å². The van der Waals surface area contributed by atoms with Crippen molar-refractivity contribution in [2.24, 2.45) is 0 Å². The molecule has 0 unspecified atom stereocenters. The molecule has 0 aliphatic heterocycles. The summed E-state index contributed by atoms with van der Waals surface area (Å²) in [7, 11) is 0. The number of nitrogens with one attached hydrogen (secondary N) is 2. The summed E-state index contributed by atoms with van der Waals surface area (Å²) in [6.45, 7) is 0.314. The van der Waals surface area contributed by atoms with Crippen molar-refractivity contribution >= 4 is 23.9 Å². The maximum Gasteiger partial charge on any atom is 0.303 e. The second-order valence-corrected chi connectivity index (χ2v) is 6.36. The van der Waals surface area contributed by atoms with Crippen LogP contribution >= 0.6 is 0 Å². The zero-order valence-electron chi connectivity index (χ0n) is 15.9. The highest BCUT2D eigenvalue weighted by Gasteiger charge is 2.15. The van der Waals surface area contributed by atoms with Crippen molar-refractivity contribution < 1.29 is 23.9 Å². The summed E-state index contributed by atoms with van der Waals surface area (Å²) < 4.78 is 14.0. The van der Waals surface area contributed by atoms with E-state index in [1.807, 2.05) is 0 Å². The van der Waals surface area contributed by atoms with Gasteiger partial charge in [0.25, 0.3) is 11.8 Å². The number of carbonyl (C=O) groups is 3. The molecule has 6 nitrogen and oxygen atoms in total. The Morgan fingerprint density at radius 1 is 0.931 bits per heavy atom. The van der Waals surface area contributed by atoms with Crippen LogP contribution in [0, 0.1) is 5.82 Å². The molecule has 2 amide bonds. The quantitative estimate of drug-likeness (QED) is 0.422. The van der Waals surface area contributed by atoms with Gasteiger partial charge in [-0.1, -0.05) is 42.8 Å². The van der Waals surface area contributed by atoms with Gasteiger partial charge >= 0.3 is 5.97 Å². The second kappa shape index (κ2) is 11.4. The summed E-state index contributed by atoms with van der Waals surface area (Å²) in [5.74, 6) is -2.39. The smallest absolute Gasteiger partial charge is 0.303 e. The maximum absolute atomic E-state index is 14.0. The molecule has 2 aromatic rings. The van der Waals surface area contributed by atoms with Crippen LogP contribution in [0.25, 0.3) is 6.08 Å². The van der Waals surface area contributed by atoms with Crippen molar-refractivity contribution in [3.63, 3.8) is 0 Å². The van der Waals surface area contributed by atoms with Crippen LogP contribution < -0.4 is 10.6 Å². The van der Waals surface area contributed by atoms with E-state index in [0.29, 0.717) is 31.4 Å². The first-order valence-corrected chi connectivity index (χ1v) is 9.30. The highest BCUT2D eigenvalue weighted by Crippen LogP contribution is 2.11. The van der Waals surface area contributed by atoms with Crippen molar-refractivity contribution in [3.05, 3.63) is 77.2 Å². The Hall–Kier alpha value is -3.48. The molecule has 0 saturated heterocycles. The third-order valence-electron chi connectivity index (χ3n) is 4.09. The van der Waals surface area contributed by atoms with Crippen LogP contribution in [-0.2, 0) is 9.59 Å². The number of unbranched alkanes of at least 4 members (excludes halogenated alkanes) is 2. The molecule has 3 N–H and O–H groups in total. The Bertz CT molecular complexity index is 881. The summed E-state index contributed by atoms with van der Waals surface area (Å²) in [4.78, 5) is 35.5. The molecule has 2 rings (SSSR count).